The van der Waals surface area contributed by atoms with Gasteiger partial charge in [0.25, 0.3) is 0 Å². The highest BCUT2D eigenvalue weighted by Crippen LogP contribution is 2.17. The van der Waals surface area contributed by atoms with Crippen LogP contribution in [0.2, 0.25) is 0 Å². The second kappa shape index (κ2) is 4.35. The maximum absolute atomic E-state index is 12.0. The molecule has 1 aliphatic rings. The minimum Gasteiger partial charge on any atom is -0.355 e. The number of nitrogens with one attached hydrogen (secondary N) is 1. The summed E-state index contributed by atoms with van der Waals surface area (Å²) >= 11 is 0. The largest absolute Gasteiger partial charge is 0.355 e. The smallest absolute Gasteiger partial charge is 0.232 e. The number of hydrogen-bond donors (Lipinski definition) is 1. The van der Waals surface area contributed by atoms with E-state index < -0.39 is 0 Å². The Balaban J connectivity index is 2.08. The van der Waals surface area contributed by atoms with Crippen molar-refractivity contribution >= 4 is 17.5 Å². The van der Waals surface area contributed by atoms with Gasteiger partial charge in [-0.3, -0.25) is 9.59 Å². The van der Waals surface area contributed by atoms with Crippen molar-refractivity contribution in [3.05, 3.63) is 30.3 Å². The molecule has 0 saturated carbocycles. The van der Waals surface area contributed by atoms with Crippen molar-refractivity contribution in [3.8, 4) is 0 Å². The molecule has 0 aliphatic carbocycles. The van der Waals surface area contributed by atoms with Crippen LogP contribution in [0.5, 0.6) is 0 Å². The summed E-state index contributed by atoms with van der Waals surface area (Å²) in [6.45, 7) is 0.453. The van der Waals surface area contributed by atoms with E-state index in [0.29, 0.717) is 13.0 Å². The molecular weight excluding hydrogens is 204 g/mol. The van der Waals surface area contributed by atoms with E-state index >= 15 is 0 Å². The standard InChI is InChI=1S/C12H14N2O2/c1-14(10-5-3-2-4-6-10)12(16)9-7-11(15)13-8-9/h2-6,9H,7-8H2,1H3,(H,13,15). The number of anilines is 1. The van der Waals surface area contributed by atoms with Crippen LogP contribution in [0.1, 0.15) is 6.42 Å². The molecule has 1 aliphatic heterocycles. The van der Waals surface area contributed by atoms with Crippen molar-refractivity contribution in [2.75, 3.05) is 18.5 Å². The second-order valence-electron chi connectivity index (χ2n) is 3.94. The molecule has 1 N–H and O–H groups in total. The van der Waals surface area contributed by atoms with Gasteiger partial charge in [-0.2, -0.15) is 0 Å². The van der Waals surface area contributed by atoms with Gasteiger partial charge in [0.1, 0.15) is 0 Å². The van der Waals surface area contributed by atoms with Crippen LogP contribution in [-0.4, -0.2) is 25.4 Å². The van der Waals surface area contributed by atoms with E-state index in [9.17, 15) is 9.59 Å². The molecule has 1 unspecified atom stereocenters. The number of rotatable bonds is 2. The fourth-order valence-corrected chi connectivity index (χ4v) is 1.83. The van der Waals surface area contributed by atoms with Gasteiger partial charge in [-0.25, -0.2) is 0 Å². The first-order valence-corrected chi connectivity index (χ1v) is 5.28. The highest BCUT2D eigenvalue weighted by atomic mass is 16.2. The van der Waals surface area contributed by atoms with Crippen molar-refractivity contribution in [3.63, 3.8) is 0 Å². The quantitative estimate of drug-likeness (QED) is 0.797. The van der Waals surface area contributed by atoms with E-state index in [4.69, 9.17) is 0 Å². The van der Waals surface area contributed by atoms with E-state index in [2.05, 4.69) is 5.32 Å². The minimum atomic E-state index is -0.224. The van der Waals surface area contributed by atoms with Crippen molar-refractivity contribution in [1.29, 1.82) is 0 Å². The van der Waals surface area contributed by atoms with Crippen LogP contribution in [0.4, 0.5) is 5.69 Å². The van der Waals surface area contributed by atoms with Gasteiger partial charge in [-0.15, -0.1) is 0 Å². The van der Waals surface area contributed by atoms with Gasteiger partial charge < -0.3 is 10.2 Å². The molecule has 1 heterocycles. The maximum atomic E-state index is 12.0. The molecule has 0 bridgehead atoms. The minimum absolute atomic E-state index is 0.00968. The SMILES string of the molecule is CN(C(=O)C1CNC(=O)C1)c1ccccc1. The Morgan fingerprint density at radius 3 is 2.62 bits per heavy atom. The molecule has 84 valence electrons. The lowest BCUT2D eigenvalue weighted by molar-refractivity contribution is -0.124. The van der Waals surface area contributed by atoms with Crippen LogP contribution >= 0.6 is 0 Å². The van der Waals surface area contributed by atoms with Gasteiger partial charge in [-0.05, 0) is 12.1 Å². The molecule has 4 nitrogen and oxygen atoms in total. The van der Waals surface area contributed by atoms with Gasteiger partial charge >= 0.3 is 0 Å². The van der Waals surface area contributed by atoms with Crippen LogP contribution in [0.15, 0.2) is 30.3 Å². The molecule has 1 aromatic rings. The Morgan fingerprint density at radius 1 is 1.38 bits per heavy atom. The first-order chi connectivity index (χ1) is 7.68. The number of para-hydroxylation sites is 1. The summed E-state index contributed by atoms with van der Waals surface area (Å²) in [6, 6.07) is 9.43. The Kier molecular flexibility index (Phi) is 2.90. The predicted octanol–water partition coefficient (Wildman–Crippen LogP) is 0.785. The average molecular weight is 218 g/mol. The van der Waals surface area contributed by atoms with Crippen LogP contribution in [-0.2, 0) is 9.59 Å². The Hall–Kier alpha value is -1.84. The van der Waals surface area contributed by atoms with Gasteiger partial charge in [0, 0.05) is 25.7 Å². The Morgan fingerprint density at radius 2 is 2.06 bits per heavy atom. The van der Waals surface area contributed by atoms with Crippen LogP contribution in [0.3, 0.4) is 0 Å². The molecule has 1 aromatic carbocycles. The van der Waals surface area contributed by atoms with Gasteiger partial charge in [-0.1, -0.05) is 18.2 Å². The topological polar surface area (TPSA) is 49.4 Å². The molecule has 2 rings (SSSR count). The van der Waals surface area contributed by atoms with E-state index in [1.807, 2.05) is 30.3 Å². The summed E-state index contributed by atoms with van der Waals surface area (Å²) in [6.07, 6.45) is 0.302. The van der Waals surface area contributed by atoms with Crippen LogP contribution in [0.25, 0.3) is 0 Å². The monoisotopic (exact) mass is 218 g/mol. The molecule has 4 heteroatoms. The third kappa shape index (κ3) is 2.05. The highest BCUT2D eigenvalue weighted by Gasteiger charge is 2.30. The molecule has 1 saturated heterocycles. The summed E-state index contributed by atoms with van der Waals surface area (Å²) in [4.78, 5) is 24.7. The van der Waals surface area contributed by atoms with E-state index in [1.54, 1.807) is 11.9 Å². The average Bonchev–Trinajstić information content (AvgIpc) is 2.75. The highest BCUT2D eigenvalue weighted by molar-refractivity contribution is 5.98. The van der Waals surface area contributed by atoms with E-state index in [0.717, 1.165) is 5.69 Å². The van der Waals surface area contributed by atoms with Gasteiger partial charge in [0.2, 0.25) is 11.8 Å². The molecule has 0 aromatic heterocycles. The number of nitrogens with zero attached hydrogens (tertiary/aromatic N) is 1. The van der Waals surface area contributed by atoms with E-state index in [1.165, 1.54) is 0 Å². The zero-order valence-electron chi connectivity index (χ0n) is 9.14. The number of benzene rings is 1. The maximum Gasteiger partial charge on any atom is 0.232 e. The summed E-state index contributed by atoms with van der Waals surface area (Å²) in [7, 11) is 1.74. The summed E-state index contributed by atoms with van der Waals surface area (Å²) in [5, 5.41) is 2.67. The van der Waals surface area contributed by atoms with Crippen molar-refractivity contribution in [1.82, 2.24) is 5.32 Å². The summed E-state index contributed by atoms with van der Waals surface area (Å²) in [5.74, 6) is -0.276. The molecule has 1 fully saturated rings. The first-order valence-electron chi connectivity index (χ1n) is 5.28. The van der Waals surface area contributed by atoms with Gasteiger partial charge in [0.05, 0.1) is 5.92 Å². The lowest BCUT2D eigenvalue weighted by Crippen LogP contribution is -2.33. The molecule has 0 radical (unpaired) electrons. The van der Waals surface area contributed by atoms with Crippen molar-refractivity contribution in [2.24, 2.45) is 5.92 Å². The molecule has 0 spiro atoms. The predicted molar refractivity (Wildman–Crippen MR) is 61.0 cm³/mol. The molecule has 2 amide bonds. The number of hydrogen-bond acceptors (Lipinski definition) is 2. The Labute approximate surface area is 94.2 Å². The lowest BCUT2D eigenvalue weighted by atomic mass is 10.1. The number of amides is 2. The molecular formula is C12H14N2O2. The normalized spacial score (nSPS) is 19.3. The first kappa shape index (κ1) is 10.7. The van der Waals surface area contributed by atoms with Crippen molar-refractivity contribution in [2.45, 2.75) is 6.42 Å². The third-order valence-corrected chi connectivity index (χ3v) is 2.80. The molecule has 16 heavy (non-hydrogen) atoms. The third-order valence-electron chi connectivity index (χ3n) is 2.80. The summed E-state index contributed by atoms with van der Waals surface area (Å²) < 4.78 is 0. The fraction of sp³-hybridized carbons (Fsp3) is 0.333. The second-order valence-corrected chi connectivity index (χ2v) is 3.94. The zero-order chi connectivity index (χ0) is 11.5. The van der Waals surface area contributed by atoms with E-state index in [-0.39, 0.29) is 17.7 Å². The lowest BCUT2D eigenvalue weighted by Gasteiger charge is -2.20. The molecule has 1 atom stereocenters. The summed E-state index contributed by atoms with van der Waals surface area (Å²) in [5.41, 5.74) is 0.854. The van der Waals surface area contributed by atoms with Crippen LogP contribution in [0, 0.1) is 5.92 Å². The zero-order valence-corrected chi connectivity index (χ0v) is 9.14. The fourth-order valence-electron chi connectivity index (χ4n) is 1.83. The Bertz CT molecular complexity index is 403. The number of carbonyl (C=O) groups excluding carboxylic acids is 2. The van der Waals surface area contributed by atoms with Crippen LogP contribution < -0.4 is 10.2 Å². The van der Waals surface area contributed by atoms with Gasteiger partial charge in [0.15, 0.2) is 0 Å². The van der Waals surface area contributed by atoms with Crippen molar-refractivity contribution < 1.29 is 9.59 Å². The number of carbonyl (C=O) groups is 2.